The van der Waals surface area contributed by atoms with Crippen molar-refractivity contribution in [1.82, 2.24) is 14.5 Å². The predicted octanol–water partition coefficient (Wildman–Crippen LogP) is 4.04. The molecule has 5 heteroatoms. The highest BCUT2D eigenvalue weighted by Gasteiger charge is 2.17. The van der Waals surface area contributed by atoms with E-state index in [2.05, 4.69) is 27.7 Å². The molecule has 0 bridgehead atoms. The van der Waals surface area contributed by atoms with Crippen LogP contribution in [0.5, 0.6) is 0 Å². The molecule has 0 spiro atoms. The number of imidazole rings is 1. The molecular weight excluding hydrogens is 278 g/mol. The summed E-state index contributed by atoms with van der Waals surface area (Å²) in [6.07, 6.45) is 2.13. The molecule has 3 nitrogen and oxygen atoms in total. The van der Waals surface area contributed by atoms with Crippen LogP contribution in [0.25, 0.3) is 11.2 Å². The Morgan fingerprint density at radius 3 is 2.68 bits per heavy atom. The maximum absolute atomic E-state index is 6.26. The smallest absolute Gasteiger partial charge is 0.160 e. The first-order chi connectivity index (χ1) is 9.02. The Hall–Kier alpha value is -0.740. The lowest BCUT2D eigenvalue weighted by Gasteiger charge is -2.15. The SMILES string of the molecule is CSCC(C)Cn1c(C(C)Cl)nc2ccc(C)nc21. The first kappa shape index (κ1) is 14.7. The van der Waals surface area contributed by atoms with Gasteiger partial charge in [-0.05, 0) is 43.9 Å². The van der Waals surface area contributed by atoms with E-state index in [0.29, 0.717) is 5.92 Å². The molecule has 2 aromatic rings. The molecule has 0 N–H and O–H groups in total. The highest BCUT2D eigenvalue weighted by Crippen LogP contribution is 2.25. The minimum Gasteiger partial charge on any atom is -0.311 e. The third-order valence-electron chi connectivity index (χ3n) is 3.06. The molecule has 0 aromatic carbocycles. The standard InChI is InChI=1S/C14H20ClN3S/c1-9(8-19-4)7-18-13(11(3)15)17-12-6-5-10(2)16-14(12)18/h5-6,9,11H,7-8H2,1-4H3. The van der Waals surface area contributed by atoms with E-state index in [4.69, 9.17) is 11.6 Å². The van der Waals surface area contributed by atoms with Gasteiger partial charge in [0.1, 0.15) is 11.3 Å². The lowest BCUT2D eigenvalue weighted by atomic mass is 10.2. The van der Waals surface area contributed by atoms with Gasteiger partial charge in [-0.1, -0.05) is 6.92 Å². The molecule has 2 rings (SSSR count). The molecule has 0 fully saturated rings. The zero-order valence-electron chi connectivity index (χ0n) is 11.9. The monoisotopic (exact) mass is 297 g/mol. The number of pyridine rings is 1. The molecule has 19 heavy (non-hydrogen) atoms. The number of aromatic nitrogens is 3. The highest BCUT2D eigenvalue weighted by atomic mass is 35.5. The van der Waals surface area contributed by atoms with Crippen molar-refractivity contribution in [2.24, 2.45) is 5.92 Å². The number of halogens is 1. The minimum atomic E-state index is -0.101. The number of hydrogen-bond donors (Lipinski definition) is 0. The molecule has 0 aliphatic carbocycles. The van der Waals surface area contributed by atoms with Gasteiger partial charge in [-0.2, -0.15) is 11.8 Å². The van der Waals surface area contributed by atoms with Gasteiger partial charge in [0.15, 0.2) is 5.65 Å². The number of fused-ring (bicyclic) bond motifs is 1. The van der Waals surface area contributed by atoms with Crippen LogP contribution in [0.2, 0.25) is 0 Å². The van der Waals surface area contributed by atoms with Crippen molar-refractivity contribution < 1.29 is 0 Å². The van der Waals surface area contributed by atoms with Crippen molar-refractivity contribution in [3.05, 3.63) is 23.7 Å². The van der Waals surface area contributed by atoms with Crippen LogP contribution in [0, 0.1) is 12.8 Å². The fraction of sp³-hybridized carbons (Fsp3) is 0.571. The van der Waals surface area contributed by atoms with Crippen LogP contribution in [-0.2, 0) is 6.54 Å². The predicted molar refractivity (Wildman–Crippen MR) is 84.1 cm³/mol. The highest BCUT2D eigenvalue weighted by molar-refractivity contribution is 7.98. The van der Waals surface area contributed by atoms with Crippen molar-refractivity contribution in [3.8, 4) is 0 Å². The van der Waals surface area contributed by atoms with E-state index in [-0.39, 0.29) is 5.38 Å². The van der Waals surface area contributed by atoms with Crippen LogP contribution < -0.4 is 0 Å². The van der Waals surface area contributed by atoms with Crippen LogP contribution in [0.3, 0.4) is 0 Å². The fourth-order valence-corrected chi connectivity index (χ4v) is 3.09. The summed E-state index contributed by atoms with van der Waals surface area (Å²) in [6.45, 7) is 7.14. The first-order valence-electron chi connectivity index (χ1n) is 6.49. The first-order valence-corrected chi connectivity index (χ1v) is 8.32. The van der Waals surface area contributed by atoms with E-state index in [1.165, 1.54) is 0 Å². The summed E-state index contributed by atoms with van der Waals surface area (Å²) >= 11 is 8.13. The molecule has 0 radical (unpaired) electrons. The van der Waals surface area contributed by atoms with Gasteiger partial charge in [-0.15, -0.1) is 11.6 Å². The number of aryl methyl sites for hydroxylation is 1. The normalized spacial score (nSPS) is 14.8. The van der Waals surface area contributed by atoms with Crippen LogP contribution in [0.15, 0.2) is 12.1 Å². The average molecular weight is 298 g/mol. The Labute approximate surface area is 123 Å². The summed E-state index contributed by atoms with van der Waals surface area (Å²) in [5, 5.41) is -0.101. The topological polar surface area (TPSA) is 30.7 Å². The summed E-state index contributed by atoms with van der Waals surface area (Å²) in [5.41, 5.74) is 2.90. The van der Waals surface area contributed by atoms with Crippen molar-refractivity contribution >= 4 is 34.5 Å². The summed E-state index contributed by atoms with van der Waals surface area (Å²) in [5.74, 6) is 2.62. The van der Waals surface area contributed by atoms with Gasteiger partial charge in [0.05, 0.1) is 5.38 Å². The van der Waals surface area contributed by atoms with Crippen LogP contribution >= 0.6 is 23.4 Å². The Bertz CT molecular complexity index is 565. The minimum absolute atomic E-state index is 0.101. The van der Waals surface area contributed by atoms with Gasteiger partial charge < -0.3 is 4.57 Å². The summed E-state index contributed by atoms with van der Waals surface area (Å²) in [6, 6.07) is 4.02. The van der Waals surface area contributed by atoms with E-state index in [0.717, 1.165) is 35.0 Å². The van der Waals surface area contributed by atoms with E-state index in [9.17, 15) is 0 Å². The van der Waals surface area contributed by atoms with Crippen molar-refractivity contribution in [2.45, 2.75) is 32.7 Å². The number of nitrogens with zero attached hydrogens (tertiary/aromatic N) is 3. The van der Waals surface area contributed by atoms with Gasteiger partial charge in [0.25, 0.3) is 0 Å². The fourth-order valence-electron chi connectivity index (χ4n) is 2.25. The lowest BCUT2D eigenvalue weighted by molar-refractivity contribution is 0.521. The number of rotatable bonds is 5. The molecule has 0 aliphatic heterocycles. The average Bonchev–Trinajstić information content (AvgIpc) is 2.68. The molecule has 2 aromatic heterocycles. The Balaban J connectivity index is 2.47. The maximum Gasteiger partial charge on any atom is 0.160 e. The third-order valence-corrected chi connectivity index (χ3v) is 4.16. The Morgan fingerprint density at radius 1 is 1.32 bits per heavy atom. The van der Waals surface area contributed by atoms with Gasteiger partial charge >= 0.3 is 0 Å². The Kier molecular flexibility index (Phi) is 4.74. The molecule has 2 unspecified atom stereocenters. The van der Waals surface area contributed by atoms with Crippen LogP contribution in [0.1, 0.15) is 30.7 Å². The largest absolute Gasteiger partial charge is 0.311 e. The number of hydrogen-bond acceptors (Lipinski definition) is 3. The van der Waals surface area contributed by atoms with Gasteiger partial charge in [-0.25, -0.2) is 9.97 Å². The van der Waals surface area contributed by atoms with E-state index >= 15 is 0 Å². The molecule has 2 heterocycles. The second-order valence-electron chi connectivity index (χ2n) is 5.05. The molecule has 0 aliphatic rings. The molecule has 0 amide bonds. The molecular formula is C14H20ClN3S. The van der Waals surface area contributed by atoms with Gasteiger partial charge in [0.2, 0.25) is 0 Å². The second-order valence-corrected chi connectivity index (χ2v) is 6.62. The van der Waals surface area contributed by atoms with E-state index in [1.54, 1.807) is 0 Å². The van der Waals surface area contributed by atoms with Crippen molar-refractivity contribution in [3.63, 3.8) is 0 Å². The van der Waals surface area contributed by atoms with Gasteiger partial charge in [-0.3, -0.25) is 0 Å². The number of alkyl halides is 1. The maximum atomic E-state index is 6.26. The number of thioether (sulfide) groups is 1. The molecule has 0 saturated heterocycles. The van der Waals surface area contributed by atoms with E-state index < -0.39 is 0 Å². The van der Waals surface area contributed by atoms with Crippen LogP contribution in [-0.4, -0.2) is 26.5 Å². The summed E-state index contributed by atoms with van der Waals surface area (Å²) in [4.78, 5) is 9.26. The zero-order chi connectivity index (χ0) is 14.0. The zero-order valence-corrected chi connectivity index (χ0v) is 13.4. The quantitative estimate of drug-likeness (QED) is 0.780. The van der Waals surface area contributed by atoms with Crippen molar-refractivity contribution in [1.29, 1.82) is 0 Å². The van der Waals surface area contributed by atoms with Crippen LogP contribution in [0.4, 0.5) is 0 Å². The lowest BCUT2D eigenvalue weighted by Crippen LogP contribution is -2.13. The summed E-state index contributed by atoms with van der Waals surface area (Å²) in [7, 11) is 0. The second kappa shape index (κ2) is 6.14. The summed E-state index contributed by atoms with van der Waals surface area (Å²) < 4.78 is 2.18. The Morgan fingerprint density at radius 2 is 2.05 bits per heavy atom. The molecule has 104 valence electrons. The molecule has 2 atom stereocenters. The molecule has 0 saturated carbocycles. The van der Waals surface area contributed by atoms with Crippen molar-refractivity contribution in [2.75, 3.05) is 12.0 Å². The van der Waals surface area contributed by atoms with E-state index in [1.807, 2.05) is 37.7 Å². The van der Waals surface area contributed by atoms with Gasteiger partial charge in [0, 0.05) is 12.2 Å². The third kappa shape index (κ3) is 3.23.